The number of nitrogens with zero attached hydrogens (tertiary/aromatic N) is 2. The van der Waals surface area contributed by atoms with Crippen LogP contribution in [0.2, 0.25) is 0 Å². The molecule has 9 heteroatoms. The van der Waals surface area contributed by atoms with Gasteiger partial charge in [0.2, 0.25) is 10.0 Å². The zero-order chi connectivity index (χ0) is 20.4. The van der Waals surface area contributed by atoms with Gasteiger partial charge in [-0.25, -0.2) is 17.9 Å². The Balaban J connectivity index is 1.37. The lowest BCUT2D eigenvalue weighted by Gasteiger charge is -2.09. The largest absolute Gasteiger partial charge is 0.491 e. The van der Waals surface area contributed by atoms with Crippen molar-refractivity contribution in [1.82, 2.24) is 14.3 Å². The number of oxazole rings is 1. The molecule has 4 rings (SSSR count). The van der Waals surface area contributed by atoms with Gasteiger partial charge in [-0.3, -0.25) is 9.55 Å². The Bertz CT molecular complexity index is 1340. The predicted octanol–water partition coefficient (Wildman–Crippen LogP) is 2.43. The lowest BCUT2D eigenvalue weighted by molar-refractivity contribution is 0.314. The molecule has 0 aliphatic heterocycles. The number of aryl methyl sites for hydroxylation is 1. The zero-order valence-corrected chi connectivity index (χ0v) is 16.5. The number of benzene rings is 2. The highest BCUT2D eigenvalue weighted by Gasteiger charge is 2.16. The van der Waals surface area contributed by atoms with Gasteiger partial charge in [0.15, 0.2) is 5.58 Å². The van der Waals surface area contributed by atoms with Crippen molar-refractivity contribution in [2.24, 2.45) is 7.05 Å². The first-order chi connectivity index (χ1) is 14.0. The molecule has 0 radical (unpaired) electrons. The second-order valence-electron chi connectivity index (χ2n) is 6.49. The van der Waals surface area contributed by atoms with E-state index >= 15 is 0 Å². The van der Waals surface area contributed by atoms with Crippen LogP contribution in [0, 0.1) is 0 Å². The molecule has 0 amide bonds. The molecule has 0 bridgehead atoms. The van der Waals surface area contributed by atoms with E-state index in [4.69, 9.17) is 9.15 Å². The molecule has 0 atom stereocenters. The average molecular weight is 413 g/mol. The number of aromatic nitrogens is 2. The molecule has 150 valence electrons. The smallest absolute Gasteiger partial charge is 0.419 e. The molecule has 29 heavy (non-hydrogen) atoms. The normalized spacial score (nSPS) is 11.9. The van der Waals surface area contributed by atoms with Gasteiger partial charge in [-0.2, -0.15) is 0 Å². The van der Waals surface area contributed by atoms with Crippen LogP contribution in [0.15, 0.2) is 68.8 Å². The number of sulfonamides is 1. The van der Waals surface area contributed by atoms with Crippen LogP contribution in [-0.4, -0.2) is 31.1 Å². The predicted molar refractivity (Wildman–Crippen MR) is 108 cm³/mol. The van der Waals surface area contributed by atoms with E-state index in [0.29, 0.717) is 24.3 Å². The molecule has 0 saturated heterocycles. The number of para-hydroxylation sites is 1. The van der Waals surface area contributed by atoms with E-state index in [1.165, 1.54) is 16.7 Å². The summed E-state index contributed by atoms with van der Waals surface area (Å²) >= 11 is 0. The number of hydrogen-bond donors (Lipinski definition) is 1. The molecule has 0 fully saturated rings. The first kappa shape index (κ1) is 19.2. The quantitative estimate of drug-likeness (QED) is 0.467. The molecule has 2 aromatic carbocycles. The second-order valence-corrected chi connectivity index (χ2v) is 8.25. The Morgan fingerprint density at radius 3 is 2.86 bits per heavy atom. The molecule has 0 aliphatic rings. The minimum atomic E-state index is -3.72. The topological polar surface area (TPSA) is 103 Å². The van der Waals surface area contributed by atoms with E-state index in [-0.39, 0.29) is 17.0 Å². The van der Waals surface area contributed by atoms with Gasteiger partial charge in [-0.1, -0.05) is 18.2 Å². The van der Waals surface area contributed by atoms with Gasteiger partial charge in [-0.15, -0.1) is 0 Å². The van der Waals surface area contributed by atoms with Crippen LogP contribution >= 0.6 is 0 Å². The zero-order valence-electron chi connectivity index (χ0n) is 15.7. The summed E-state index contributed by atoms with van der Waals surface area (Å²) in [6, 6.07) is 13.8. The molecule has 8 nitrogen and oxygen atoms in total. The van der Waals surface area contributed by atoms with Gasteiger partial charge in [-0.05, 0) is 30.7 Å². The Morgan fingerprint density at radius 2 is 2.00 bits per heavy atom. The third kappa shape index (κ3) is 3.87. The lowest BCUT2D eigenvalue weighted by Crippen LogP contribution is -2.25. The van der Waals surface area contributed by atoms with Crippen molar-refractivity contribution < 1.29 is 17.6 Å². The van der Waals surface area contributed by atoms with Crippen molar-refractivity contribution in [1.29, 1.82) is 0 Å². The number of pyridine rings is 1. The van der Waals surface area contributed by atoms with E-state index in [0.717, 1.165) is 10.9 Å². The second kappa shape index (κ2) is 7.69. The molecule has 0 unspecified atom stereocenters. The van der Waals surface area contributed by atoms with Crippen molar-refractivity contribution in [2.75, 3.05) is 13.2 Å². The Labute approximate surface area is 166 Å². The molecule has 0 spiro atoms. The molecular weight excluding hydrogens is 394 g/mol. The highest BCUT2D eigenvalue weighted by atomic mass is 32.2. The van der Waals surface area contributed by atoms with Gasteiger partial charge >= 0.3 is 5.76 Å². The van der Waals surface area contributed by atoms with Crippen LogP contribution in [0.3, 0.4) is 0 Å². The monoisotopic (exact) mass is 413 g/mol. The standard InChI is InChI=1S/C20H19N3O5S/c1-23-16-9-8-15(13-18(16)28-20(23)24)29(25,26)22-11-4-12-27-17-7-2-5-14-6-3-10-21-19(14)17/h2-3,5-10,13,22H,4,11-12H2,1H3. The van der Waals surface area contributed by atoms with Gasteiger partial charge in [0.1, 0.15) is 11.3 Å². The molecule has 2 heterocycles. The maximum Gasteiger partial charge on any atom is 0.419 e. The molecule has 2 aromatic heterocycles. The van der Waals surface area contributed by atoms with Crippen LogP contribution in [-0.2, 0) is 17.1 Å². The summed E-state index contributed by atoms with van der Waals surface area (Å²) in [7, 11) is -2.16. The van der Waals surface area contributed by atoms with E-state index < -0.39 is 15.8 Å². The minimum Gasteiger partial charge on any atom is -0.491 e. The minimum absolute atomic E-state index is 0.0403. The number of fused-ring (bicyclic) bond motifs is 2. The van der Waals surface area contributed by atoms with Crippen LogP contribution in [0.4, 0.5) is 0 Å². The van der Waals surface area contributed by atoms with Crippen molar-refractivity contribution in [3.8, 4) is 5.75 Å². The number of nitrogens with one attached hydrogen (secondary N) is 1. The Morgan fingerprint density at radius 1 is 1.17 bits per heavy atom. The summed E-state index contributed by atoms with van der Waals surface area (Å²) in [5, 5.41) is 0.980. The van der Waals surface area contributed by atoms with Gasteiger partial charge in [0.05, 0.1) is 17.0 Å². The third-order valence-corrected chi connectivity index (χ3v) is 6.00. The van der Waals surface area contributed by atoms with Crippen LogP contribution in [0.5, 0.6) is 5.75 Å². The number of ether oxygens (including phenoxy) is 1. The van der Waals surface area contributed by atoms with Crippen molar-refractivity contribution >= 4 is 32.0 Å². The summed E-state index contributed by atoms with van der Waals surface area (Å²) < 4.78 is 39.6. The van der Waals surface area contributed by atoms with E-state index in [2.05, 4.69) is 9.71 Å². The Kier molecular flexibility index (Phi) is 5.08. The van der Waals surface area contributed by atoms with Gasteiger partial charge in [0, 0.05) is 31.2 Å². The summed E-state index contributed by atoms with van der Waals surface area (Å²) in [5.74, 6) is 0.123. The summed E-state index contributed by atoms with van der Waals surface area (Å²) in [4.78, 5) is 15.9. The highest BCUT2D eigenvalue weighted by Crippen LogP contribution is 2.23. The first-order valence-corrected chi connectivity index (χ1v) is 10.5. The number of rotatable bonds is 7. The van der Waals surface area contributed by atoms with E-state index in [1.54, 1.807) is 19.3 Å². The molecule has 0 saturated carbocycles. The van der Waals surface area contributed by atoms with Crippen molar-refractivity contribution in [2.45, 2.75) is 11.3 Å². The van der Waals surface area contributed by atoms with Crippen LogP contribution < -0.4 is 15.2 Å². The van der Waals surface area contributed by atoms with Crippen LogP contribution in [0.25, 0.3) is 22.0 Å². The fraction of sp³-hybridized carbons (Fsp3) is 0.200. The van der Waals surface area contributed by atoms with E-state index in [1.807, 2.05) is 30.3 Å². The summed E-state index contributed by atoms with van der Waals surface area (Å²) in [6.07, 6.45) is 2.18. The average Bonchev–Trinajstić information content (AvgIpc) is 3.01. The fourth-order valence-electron chi connectivity index (χ4n) is 3.02. The first-order valence-electron chi connectivity index (χ1n) is 9.01. The van der Waals surface area contributed by atoms with Gasteiger partial charge < -0.3 is 9.15 Å². The summed E-state index contributed by atoms with van der Waals surface area (Å²) in [5.41, 5.74) is 1.53. The maximum absolute atomic E-state index is 12.5. The molecule has 1 N–H and O–H groups in total. The highest BCUT2D eigenvalue weighted by molar-refractivity contribution is 7.89. The van der Waals surface area contributed by atoms with Crippen LogP contribution in [0.1, 0.15) is 6.42 Å². The molecule has 4 aromatic rings. The SMILES string of the molecule is Cn1c(=O)oc2cc(S(=O)(=O)NCCCOc3cccc4cccnc34)ccc21. The van der Waals surface area contributed by atoms with Gasteiger partial charge in [0.25, 0.3) is 0 Å². The Hall–Kier alpha value is -3.17. The fourth-order valence-corrected chi connectivity index (χ4v) is 4.11. The van der Waals surface area contributed by atoms with Crippen molar-refractivity contribution in [3.05, 3.63) is 65.3 Å². The number of hydrogen-bond acceptors (Lipinski definition) is 6. The maximum atomic E-state index is 12.5. The lowest BCUT2D eigenvalue weighted by atomic mass is 10.2. The van der Waals surface area contributed by atoms with Crippen molar-refractivity contribution in [3.63, 3.8) is 0 Å². The molecular formula is C20H19N3O5S. The van der Waals surface area contributed by atoms with E-state index in [9.17, 15) is 13.2 Å². The molecule has 0 aliphatic carbocycles. The third-order valence-electron chi connectivity index (χ3n) is 4.54. The summed E-state index contributed by atoms with van der Waals surface area (Å²) in [6.45, 7) is 0.544.